The first-order chi connectivity index (χ1) is 31.0. The minimum Gasteiger partial charge on any atom is -0.208 e. The third kappa shape index (κ3) is 7.45. The monoisotopic (exact) mass is 826 g/mol. The second-order valence-electron chi connectivity index (χ2n) is 15.7. The number of benzene rings is 8. The smallest absolute Gasteiger partial charge is 0.164 e. The summed E-state index contributed by atoms with van der Waals surface area (Å²) in [5.41, 5.74) is 12.6. The van der Waals surface area contributed by atoms with Crippen LogP contribution >= 0.6 is 11.3 Å². The number of thiophene rings is 1. The van der Waals surface area contributed by atoms with Gasteiger partial charge in [-0.15, -0.1) is 11.3 Å². The first-order valence-corrected chi connectivity index (χ1v) is 21.8. The Hall–Kier alpha value is -8.00. The summed E-state index contributed by atoms with van der Waals surface area (Å²) in [6, 6.07) is 67.3. The number of aryl methyl sites for hydroxylation is 2. The van der Waals surface area contributed by atoms with Crippen LogP contribution in [0.3, 0.4) is 0 Å². The van der Waals surface area contributed by atoms with E-state index < -0.39 is 0 Å². The maximum absolute atomic E-state index is 4.99. The number of fused-ring (bicyclic) bond motifs is 3. The third-order valence-electron chi connectivity index (χ3n) is 11.5. The van der Waals surface area contributed by atoms with Crippen LogP contribution in [-0.2, 0) is 0 Å². The molecule has 7 heteroatoms. The Kier molecular flexibility index (Phi) is 9.71. The van der Waals surface area contributed by atoms with Crippen molar-refractivity contribution in [1.82, 2.24) is 29.9 Å². The van der Waals surface area contributed by atoms with E-state index in [4.69, 9.17) is 29.9 Å². The summed E-state index contributed by atoms with van der Waals surface area (Å²) in [4.78, 5) is 29.7. The number of nitrogens with zero attached hydrogens (tertiary/aromatic N) is 6. The highest BCUT2D eigenvalue weighted by Crippen LogP contribution is 2.39. The van der Waals surface area contributed by atoms with E-state index in [1.165, 1.54) is 20.2 Å². The molecule has 0 saturated carbocycles. The van der Waals surface area contributed by atoms with Gasteiger partial charge < -0.3 is 0 Å². The van der Waals surface area contributed by atoms with E-state index in [1.54, 1.807) is 0 Å². The lowest BCUT2D eigenvalue weighted by molar-refractivity contribution is 1.07. The average molecular weight is 827 g/mol. The zero-order chi connectivity index (χ0) is 42.3. The van der Waals surface area contributed by atoms with Crippen LogP contribution in [0.15, 0.2) is 194 Å². The standard InChI is InChI=1S/C56H38N6S/c1-35-13-9-11-19-45(35)55-59-51(39-15-5-3-6-16-39)57-53(61-55)41-25-21-37(22-26-41)43-29-31-49-47(33-43)48-34-44(30-32-50(48)63-49)38-23-27-42(28-24-38)54-58-52(40-17-7-4-8-18-40)60-56(62-54)46-20-12-10-14-36(46)2/h3-34H,1-2H3. The summed E-state index contributed by atoms with van der Waals surface area (Å²) in [6.07, 6.45) is 0. The zero-order valence-electron chi connectivity index (χ0n) is 34.6. The van der Waals surface area contributed by atoms with E-state index in [0.29, 0.717) is 34.9 Å². The summed E-state index contributed by atoms with van der Waals surface area (Å²) >= 11 is 1.82. The van der Waals surface area contributed by atoms with Gasteiger partial charge in [-0.2, -0.15) is 0 Å². The Morgan fingerprint density at radius 1 is 0.270 bits per heavy atom. The summed E-state index contributed by atoms with van der Waals surface area (Å²) in [7, 11) is 0. The van der Waals surface area contributed by atoms with Crippen LogP contribution in [0.1, 0.15) is 11.1 Å². The predicted octanol–water partition coefficient (Wildman–Crippen LogP) is 14.4. The first-order valence-electron chi connectivity index (χ1n) is 20.9. The second-order valence-corrected chi connectivity index (χ2v) is 16.7. The molecular weight excluding hydrogens is 789 g/mol. The fraction of sp³-hybridized carbons (Fsp3) is 0.0357. The van der Waals surface area contributed by atoms with Crippen LogP contribution in [-0.4, -0.2) is 29.9 Å². The van der Waals surface area contributed by atoms with Crippen molar-refractivity contribution in [2.45, 2.75) is 13.8 Å². The van der Waals surface area contributed by atoms with Gasteiger partial charge in [-0.1, -0.05) is 170 Å². The van der Waals surface area contributed by atoms with Crippen molar-refractivity contribution < 1.29 is 0 Å². The number of rotatable bonds is 8. The minimum absolute atomic E-state index is 0.644. The molecule has 0 fully saturated rings. The molecule has 0 aliphatic rings. The van der Waals surface area contributed by atoms with Gasteiger partial charge in [-0.25, -0.2) is 29.9 Å². The van der Waals surface area contributed by atoms with E-state index in [0.717, 1.165) is 66.8 Å². The van der Waals surface area contributed by atoms with Crippen molar-refractivity contribution >= 4 is 31.5 Å². The van der Waals surface area contributed by atoms with Crippen molar-refractivity contribution in [3.8, 4) is 90.6 Å². The van der Waals surface area contributed by atoms with Gasteiger partial charge in [-0.3, -0.25) is 0 Å². The molecule has 0 N–H and O–H groups in total. The van der Waals surface area contributed by atoms with E-state index in [2.05, 4.69) is 123 Å². The van der Waals surface area contributed by atoms with E-state index in [1.807, 2.05) is 96.3 Å². The largest absolute Gasteiger partial charge is 0.208 e. The molecule has 0 saturated heterocycles. The molecule has 0 radical (unpaired) electrons. The summed E-state index contributed by atoms with van der Waals surface area (Å²) < 4.78 is 2.52. The molecule has 8 aromatic carbocycles. The molecular formula is C56H38N6S. The Bertz CT molecular complexity index is 3230. The third-order valence-corrected chi connectivity index (χ3v) is 12.7. The van der Waals surface area contributed by atoms with Gasteiger partial charge in [0.05, 0.1) is 0 Å². The highest BCUT2D eigenvalue weighted by atomic mass is 32.1. The molecule has 3 aromatic heterocycles. The molecule has 0 bridgehead atoms. The highest BCUT2D eigenvalue weighted by molar-refractivity contribution is 7.25. The molecule has 11 aromatic rings. The second kappa shape index (κ2) is 16.1. The lowest BCUT2D eigenvalue weighted by Crippen LogP contribution is -2.01. The maximum Gasteiger partial charge on any atom is 0.164 e. The molecule has 3 heterocycles. The lowest BCUT2D eigenvalue weighted by atomic mass is 9.99. The van der Waals surface area contributed by atoms with Crippen LogP contribution in [0.2, 0.25) is 0 Å². The van der Waals surface area contributed by atoms with Crippen LogP contribution in [0.25, 0.3) is 111 Å². The van der Waals surface area contributed by atoms with Crippen LogP contribution in [0.4, 0.5) is 0 Å². The Morgan fingerprint density at radius 3 is 0.952 bits per heavy atom. The zero-order valence-corrected chi connectivity index (χ0v) is 35.4. The predicted molar refractivity (Wildman–Crippen MR) is 259 cm³/mol. The normalized spacial score (nSPS) is 11.3. The van der Waals surface area contributed by atoms with Gasteiger partial charge >= 0.3 is 0 Å². The number of aromatic nitrogens is 6. The number of hydrogen-bond donors (Lipinski definition) is 0. The molecule has 0 unspecified atom stereocenters. The van der Waals surface area contributed by atoms with Crippen LogP contribution in [0, 0.1) is 13.8 Å². The summed E-state index contributed by atoms with van der Waals surface area (Å²) in [5.74, 6) is 3.93. The Labute approximate surface area is 369 Å². The fourth-order valence-corrected chi connectivity index (χ4v) is 9.16. The quantitative estimate of drug-likeness (QED) is 0.152. The highest BCUT2D eigenvalue weighted by Gasteiger charge is 2.16. The molecule has 298 valence electrons. The molecule has 11 rings (SSSR count). The summed E-state index contributed by atoms with van der Waals surface area (Å²) in [6.45, 7) is 4.18. The van der Waals surface area contributed by atoms with Crippen LogP contribution in [0.5, 0.6) is 0 Å². The van der Waals surface area contributed by atoms with E-state index in [-0.39, 0.29) is 0 Å². The molecule has 0 spiro atoms. The van der Waals surface area contributed by atoms with Gasteiger partial charge in [0, 0.05) is 53.6 Å². The number of hydrogen-bond acceptors (Lipinski definition) is 7. The Morgan fingerprint density at radius 2 is 0.571 bits per heavy atom. The van der Waals surface area contributed by atoms with E-state index >= 15 is 0 Å². The van der Waals surface area contributed by atoms with Crippen molar-refractivity contribution in [1.29, 1.82) is 0 Å². The SMILES string of the molecule is Cc1ccccc1-c1nc(-c2ccccc2)nc(-c2ccc(-c3ccc4sc5ccc(-c6ccc(-c7nc(-c8ccccc8)nc(-c8ccccc8C)n7)cc6)cc5c4c3)cc2)n1. The Balaban J connectivity index is 0.909. The van der Waals surface area contributed by atoms with Gasteiger partial charge in [0.1, 0.15) is 0 Å². The van der Waals surface area contributed by atoms with Gasteiger partial charge in [-0.05, 0) is 71.5 Å². The molecule has 0 atom stereocenters. The maximum atomic E-state index is 4.99. The average Bonchev–Trinajstić information content (AvgIpc) is 3.72. The summed E-state index contributed by atoms with van der Waals surface area (Å²) in [5, 5.41) is 2.48. The van der Waals surface area contributed by atoms with Crippen LogP contribution < -0.4 is 0 Å². The van der Waals surface area contributed by atoms with Crippen molar-refractivity contribution in [2.24, 2.45) is 0 Å². The molecule has 0 amide bonds. The molecule has 0 aliphatic heterocycles. The van der Waals surface area contributed by atoms with Crippen molar-refractivity contribution in [3.63, 3.8) is 0 Å². The lowest BCUT2D eigenvalue weighted by Gasteiger charge is -2.10. The molecule has 6 nitrogen and oxygen atoms in total. The molecule has 63 heavy (non-hydrogen) atoms. The van der Waals surface area contributed by atoms with Gasteiger partial charge in [0.2, 0.25) is 0 Å². The molecule has 0 aliphatic carbocycles. The van der Waals surface area contributed by atoms with Crippen molar-refractivity contribution in [3.05, 3.63) is 205 Å². The minimum atomic E-state index is 0.644. The fourth-order valence-electron chi connectivity index (χ4n) is 8.09. The van der Waals surface area contributed by atoms with Gasteiger partial charge in [0.15, 0.2) is 34.9 Å². The van der Waals surface area contributed by atoms with Gasteiger partial charge in [0.25, 0.3) is 0 Å². The van der Waals surface area contributed by atoms with Crippen molar-refractivity contribution in [2.75, 3.05) is 0 Å². The van der Waals surface area contributed by atoms with E-state index in [9.17, 15) is 0 Å². The topological polar surface area (TPSA) is 77.3 Å². The first kappa shape index (κ1) is 38.0.